The number of rotatable bonds is 4. The Bertz CT molecular complexity index is 1470. The zero-order chi connectivity index (χ0) is 27.7. The molecular formula is C30H31F3N2O2S2. The van der Waals surface area contributed by atoms with E-state index in [1.807, 2.05) is 0 Å². The highest BCUT2D eigenvalue weighted by molar-refractivity contribution is 8.00. The molecule has 2 heterocycles. The number of aromatic nitrogens is 1. The van der Waals surface area contributed by atoms with Crippen LogP contribution in [0.25, 0.3) is 0 Å². The number of halogens is 3. The van der Waals surface area contributed by atoms with Crippen LogP contribution in [0.15, 0.2) is 58.4 Å². The minimum absolute atomic E-state index is 0.0438. The first-order chi connectivity index (χ1) is 18.4. The predicted molar refractivity (Wildman–Crippen MR) is 150 cm³/mol. The quantitative estimate of drug-likeness (QED) is 0.352. The number of thioether (sulfide) groups is 1. The first kappa shape index (κ1) is 26.7. The largest absolute Gasteiger partial charge is 0.416 e. The number of amides is 1. The summed E-state index contributed by atoms with van der Waals surface area (Å²) in [7, 11) is 0. The van der Waals surface area contributed by atoms with Gasteiger partial charge in [-0.25, -0.2) is 0 Å². The topological polar surface area (TPSA) is 51.1 Å². The highest BCUT2D eigenvalue weighted by Crippen LogP contribution is 2.64. The number of fused-ring (bicyclic) bond motifs is 6. The van der Waals surface area contributed by atoms with Gasteiger partial charge < -0.3 is 5.32 Å². The summed E-state index contributed by atoms with van der Waals surface area (Å²) in [5, 5.41) is 3.81. The number of carbonyl (C=O) groups is 1. The number of carbonyl (C=O) groups excluding carboxylic acids is 1. The molecule has 39 heavy (non-hydrogen) atoms. The van der Waals surface area contributed by atoms with Crippen molar-refractivity contribution in [2.75, 3.05) is 5.32 Å². The van der Waals surface area contributed by atoms with Crippen molar-refractivity contribution < 1.29 is 18.0 Å². The molecule has 9 heteroatoms. The summed E-state index contributed by atoms with van der Waals surface area (Å²) in [5.74, 6) is 1.31. The lowest BCUT2D eigenvalue weighted by Crippen LogP contribution is -2.35. The number of benzene rings is 2. The van der Waals surface area contributed by atoms with E-state index in [0.717, 1.165) is 22.0 Å². The van der Waals surface area contributed by atoms with E-state index < -0.39 is 17.6 Å². The number of hydrogen-bond donors (Lipinski definition) is 1. The van der Waals surface area contributed by atoms with Crippen molar-refractivity contribution in [1.82, 2.24) is 4.57 Å². The van der Waals surface area contributed by atoms with E-state index in [1.165, 1.54) is 58.4 Å². The maximum absolute atomic E-state index is 13.3. The van der Waals surface area contributed by atoms with Crippen LogP contribution in [0.5, 0.6) is 0 Å². The van der Waals surface area contributed by atoms with E-state index in [2.05, 4.69) is 50.4 Å². The van der Waals surface area contributed by atoms with Crippen LogP contribution in [0, 0.1) is 17.8 Å². The van der Waals surface area contributed by atoms with Gasteiger partial charge in [-0.15, -0.1) is 11.8 Å². The van der Waals surface area contributed by atoms with Gasteiger partial charge in [-0.05, 0) is 71.8 Å². The second-order valence-electron chi connectivity index (χ2n) is 12.1. The molecule has 1 aromatic heterocycles. The van der Waals surface area contributed by atoms with Crippen molar-refractivity contribution in [3.8, 4) is 0 Å². The first-order valence-corrected chi connectivity index (χ1v) is 15.1. The number of anilines is 1. The average Bonchev–Trinajstić information content (AvgIpc) is 3.56. The van der Waals surface area contributed by atoms with Gasteiger partial charge in [0.25, 0.3) is 0 Å². The van der Waals surface area contributed by atoms with Crippen LogP contribution in [-0.2, 0) is 22.9 Å². The monoisotopic (exact) mass is 572 g/mol. The number of nitrogens with one attached hydrogen (secondary N) is 1. The Kier molecular flexibility index (Phi) is 6.53. The fourth-order valence-corrected chi connectivity index (χ4v) is 9.92. The third kappa shape index (κ3) is 4.86. The molecule has 6 rings (SSSR count). The fourth-order valence-electron chi connectivity index (χ4n) is 6.77. The van der Waals surface area contributed by atoms with Crippen LogP contribution in [0.4, 0.5) is 18.9 Å². The Balaban J connectivity index is 1.33. The standard InChI is InChI=1S/C30H31F3N2O2S2/c1-29(2,3)19-11-9-16(10-12-19)23-24-17-7-8-18(13-17)25(24)38-27-26(23)39-28(37)35(27)15-22(36)34-21-6-4-5-20(14-21)30(31,32)33/h4-6,9-12,14,17-18,23-25H,7-8,13,15H2,1-3H3,(H,34,36)/t17-,18-,23-,24-,25+/m0/s1. The molecule has 2 aliphatic carbocycles. The summed E-state index contributed by atoms with van der Waals surface area (Å²) in [5.41, 5.74) is 1.75. The molecule has 1 amide bonds. The molecule has 3 aromatic rings. The molecule has 5 atom stereocenters. The Hall–Kier alpha value is -2.52. The second kappa shape index (κ2) is 9.54. The van der Waals surface area contributed by atoms with Crippen molar-refractivity contribution in [2.45, 2.75) is 74.4 Å². The Morgan fingerprint density at radius 1 is 1.03 bits per heavy atom. The number of thiazole rings is 1. The summed E-state index contributed by atoms with van der Waals surface area (Å²) in [6, 6.07) is 13.4. The fraction of sp³-hybridized carbons (Fsp3) is 0.467. The molecule has 0 radical (unpaired) electrons. The third-order valence-corrected chi connectivity index (χ3v) is 11.4. The third-order valence-electron chi connectivity index (χ3n) is 8.60. The SMILES string of the molecule is CC(C)(C)c1ccc([C@@H]2c3sc(=O)n(CC(=O)Nc4cccc(C(F)(F)F)c4)c3S[C@@H]3[C@H]4CC[C@@H](C4)[C@@H]23)cc1. The normalized spacial score (nSPS) is 25.8. The smallest absolute Gasteiger partial charge is 0.325 e. The lowest BCUT2D eigenvalue weighted by atomic mass is 9.74. The summed E-state index contributed by atoms with van der Waals surface area (Å²) >= 11 is 2.96. The summed E-state index contributed by atoms with van der Waals surface area (Å²) in [6.07, 6.45) is -0.853. The number of hydrogen-bond acceptors (Lipinski definition) is 4. The Morgan fingerprint density at radius 2 is 1.74 bits per heavy atom. The summed E-state index contributed by atoms with van der Waals surface area (Å²) in [6.45, 7) is 6.36. The molecule has 1 N–H and O–H groups in total. The Morgan fingerprint density at radius 3 is 2.44 bits per heavy atom. The van der Waals surface area contributed by atoms with Gasteiger partial charge in [-0.1, -0.05) is 62.4 Å². The van der Waals surface area contributed by atoms with E-state index in [9.17, 15) is 22.8 Å². The molecule has 2 saturated carbocycles. The molecule has 206 valence electrons. The zero-order valence-electron chi connectivity index (χ0n) is 22.0. The lowest BCUT2D eigenvalue weighted by molar-refractivity contribution is -0.137. The van der Waals surface area contributed by atoms with Gasteiger partial charge in [0.2, 0.25) is 5.91 Å². The van der Waals surface area contributed by atoms with Crippen LogP contribution in [-0.4, -0.2) is 15.7 Å². The molecule has 0 saturated heterocycles. The second-order valence-corrected chi connectivity index (χ2v) is 14.3. The van der Waals surface area contributed by atoms with Crippen molar-refractivity contribution in [2.24, 2.45) is 17.8 Å². The summed E-state index contributed by atoms with van der Waals surface area (Å²) < 4.78 is 40.9. The minimum Gasteiger partial charge on any atom is -0.325 e. The highest BCUT2D eigenvalue weighted by Gasteiger charge is 2.55. The van der Waals surface area contributed by atoms with Crippen LogP contribution in [0.3, 0.4) is 0 Å². The molecule has 1 aliphatic heterocycles. The zero-order valence-corrected chi connectivity index (χ0v) is 23.7. The molecule has 2 aromatic carbocycles. The van der Waals surface area contributed by atoms with Crippen molar-refractivity contribution in [3.63, 3.8) is 0 Å². The number of alkyl halides is 3. The molecular weight excluding hydrogens is 541 g/mol. The van der Waals surface area contributed by atoms with E-state index in [0.29, 0.717) is 23.0 Å². The molecule has 4 nitrogen and oxygen atoms in total. The van der Waals surface area contributed by atoms with Gasteiger partial charge in [0.05, 0.1) is 10.6 Å². The van der Waals surface area contributed by atoms with E-state index >= 15 is 0 Å². The first-order valence-electron chi connectivity index (χ1n) is 13.4. The molecule has 2 fully saturated rings. The van der Waals surface area contributed by atoms with Crippen LogP contribution in [0.2, 0.25) is 0 Å². The molecule has 0 spiro atoms. The van der Waals surface area contributed by atoms with Gasteiger partial charge in [-0.3, -0.25) is 14.2 Å². The van der Waals surface area contributed by atoms with Gasteiger partial charge in [-0.2, -0.15) is 13.2 Å². The predicted octanol–water partition coefficient (Wildman–Crippen LogP) is 7.52. The molecule has 0 unspecified atom stereocenters. The maximum Gasteiger partial charge on any atom is 0.416 e. The average molecular weight is 573 g/mol. The van der Waals surface area contributed by atoms with Crippen molar-refractivity contribution in [1.29, 1.82) is 0 Å². The van der Waals surface area contributed by atoms with E-state index in [1.54, 1.807) is 11.8 Å². The van der Waals surface area contributed by atoms with Crippen molar-refractivity contribution in [3.05, 3.63) is 79.8 Å². The van der Waals surface area contributed by atoms with Gasteiger partial charge >= 0.3 is 11.0 Å². The van der Waals surface area contributed by atoms with Gasteiger partial charge in [0.15, 0.2) is 0 Å². The summed E-state index contributed by atoms with van der Waals surface area (Å²) in [4.78, 5) is 27.1. The van der Waals surface area contributed by atoms with Crippen LogP contribution < -0.4 is 10.2 Å². The number of nitrogens with zero attached hydrogens (tertiary/aromatic N) is 1. The van der Waals surface area contributed by atoms with Gasteiger partial charge in [0.1, 0.15) is 6.54 Å². The van der Waals surface area contributed by atoms with Crippen molar-refractivity contribution >= 4 is 34.7 Å². The maximum atomic E-state index is 13.3. The van der Waals surface area contributed by atoms with Crippen LogP contribution >= 0.6 is 23.1 Å². The van der Waals surface area contributed by atoms with Crippen LogP contribution in [0.1, 0.15) is 67.5 Å². The molecule has 3 aliphatic rings. The van der Waals surface area contributed by atoms with Gasteiger partial charge in [0, 0.05) is 21.7 Å². The molecule has 2 bridgehead atoms. The minimum atomic E-state index is -4.50. The van der Waals surface area contributed by atoms with E-state index in [-0.39, 0.29) is 28.4 Å². The Labute approximate surface area is 234 Å². The van der Waals surface area contributed by atoms with E-state index in [4.69, 9.17) is 0 Å². The highest BCUT2D eigenvalue weighted by atomic mass is 32.2. The lowest BCUT2D eigenvalue weighted by Gasteiger charge is -2.40.